The van der Waals surface area contributed by atoms with Crippen molar-refractivity contribution in [2.75, 3.05) is 5.32 Å². The summed E-state index contributed by atoms with van der Waals surface area (Å²) in [4.78, 5) is 22.8. The van der Waals surface area contributed by atoms with Crippen molar-refractivity contribution >= 4 is 35.0 Å². The van der Waals surface area contributed by atoms with Crippen LogP contribution in [0.25, 0.3) is 0 Å². The highest BCUT2D eigenvalue weighted by Gasteiger charge is 2.23. The highest BCUT2D eigenvalue weighted by atomic mass is 32.1. The second-order valence-electron chi connectivity index (χ2n) is 4.81. The van der Waals surface area contributed by atoms with Gasteiger partial charge in [0.2, 0.25) is 0 Å². The number of rotatable bonds is 4. The van der Waals surface area contributed by atoms with Crippen LogP contribution in [0.2, 0.25) is 0 Å². The number of hydrogen-bond acceptors (Lipinski definition) is 3. The summed E-state index contributed by atoms with van der Waals surface area (Å²) in [5.41, 5.74) is 10.4. The highest BCUT2D eigenvalue weighted by molar-refractivity contribution is 7.80. The SMILES string of the molecule is CC(C)[C@H](NC(N)=O)C(=O)NNC(=S)Nc1ccc(F)cc1. The van der Waals surface area contributed by atoms with Gasteiger partial charge < -0.3 is 16.4 Å². The lowest BCUT2D eigenvalue weighted by molar-refractivity contribution is -0.124. The van der Waals surface area contributed by atoms with Crippen LogP contribution in [0.4, 0.5) is 14.9 Å². The van der Waals surface area contributed by atoms with E-state index in [1.807, 2.05) is 0 Å². The second kappa shape index (κ2) is 8.13. The molecule has 22 heavy (non-hydrogen) atoms. The fourth-order valence-corrected chi connectivity index (χ4v) is 1.75. The first-order chi connectivity index (χ1) is 10.3. The lowest BCUT2D eigenvalue weighted by atomic mass is 10.0. The van der Waals surface area contributed by atoms with Gasteiger partial charge in [0.1, 0.15) is 11.9 Å². The number of urea groups is 1. The van der Waals surface area contributed by atoms with E-state index >= 15 is 0 Å². The number of hydrogen-bond donors (Lipinski definition) is 5. The number of carbonyl (C=O) groups is 2. The van der Waals surface area contributed by atoms with Crippen molar-refractivity contribution in [1.82, 2.24) is 16.2 Å². The molecule has 1 atom stereocenters. The van der Waals surface area contributed by atoms with Gasteiger partial charge in [-0.2, -0.15) is 0 Å². The molecule has 3 amide bonds. The fraction of sp³-hybridized carbons (Fsp3) is 0.308. The van der Waals surface area contributed by atoms with Crippen molar-refractivity contribution < 1.29 is 14.0 Å². The van der Waals surface area contributed by atoms with Crippen LogP contribution in [-0.2, 0) is 4.79 Å². The van der Waals surface area contributed by atoms with Crippen LogP contribution in [0, 0.1) is 11.7 Å². The summed E-state index contributed by atoms with van der Waals surface area (Å²) in [6.45, 7) is 3.52. The summed E-state index contributed by atoms with van der Waals surface area (Å²) in [5.74, 6) is -1.01. The Bertz CT molecular complexity index is 550. The normalized spacial score (nSPS) is 11.5. The van der Waals surface area contributed by atoms with Crippen molar-refractivity contribution in [3.63, 3.8) is 0 Å². The maximum atomic E-state index is 12.8. The Balaban J connectivity index is 2.49. The molecule has 0 fully saturated rings. The quantitative estimate of drug-likeness (QED) is 0.416. The zero-order valence-electron chi connectivity index (χ0n) is 12.1. The Labute approximate surface area is 132 Å². The summed E-state index contributed by atoms with van der Waals surface area (Å²) < 4.78 is 12.8. The Morgan fingerprint density at radius 2 is 1.77 bits per heavy atom. The molecular formula is C13H18FN5O2S. The number of nitrogens with two attached hydrogens (primary N) is 1. The van der Waals surface area contributed by atoms with Gasteiger partial charge in [-0.05, 0) is 42.4 Å². The molecule has 0 saturated carbocycles. The van der Waals surface area contributed by atoms with E-state index in [0.717, 1.165) is 0 Å². The van der Waals surface area contributed by atoms with Gasteiger partial charge in [0.05, 0.1) is 0 Å². The second-order valence-corrected chi connectivity index (χ2v) is 5.21. The number of carbonyl (C=O) groups excluding carboxylic acids is 2. The van der Waals surface area contributed by atoms with Gasteiger partial charge in [0.15, 0.2) is 5.11 Å². The molecule has 1 rings (SSSR count). The number of benzene rings is 1. The largest absolute Gasteiger partial charge is 0.352 e. The van der Waals surface area contributed by atoms with Crippen LogP contribution in [0.15, 0.2) is 24.3 Å². The smallest absolute Gasteiger partial charge is 0.312 e. The Morgan fingerprint density at radius 1 is 1.18 bits per heavy atom. The van der Waals surface area contributed by atoms with Gasteiger partial charge >= 0.3 is 6.03 Å². The summed E-state index contributed by atoms with van der Waals surface area (Å²) in [7, 11) is 0. The average molecular weight is 327 g/mol. The van der Waals surface area contributed by atoms with E-state index < -0.39 is 18.0 Å². The molecule has 0 aliphatic heterocycles. The van der Waals surface area contributed by atoms with Crippen molar-refractivity contribution in [3.8, 4) is 0 Å². The van der Waals surface area contributed by atoms with E-state index in [0.29, 0.717) is 5.69 Å². The third kappa shape index (κ3) is 5.92. The van der Waals surface area contributed by atoms with Gasteiger partial charge in [0, 0.05) is 5.69 Å². The van der Waals surface area contributed by atoms with Crippen molar-refractivity contribution in [1.29, 1.82) is 0 Å². The molecule has 0 heterocycles. The zero-order valence-corrected chi connectivity index (χ0v) is 13.0. The maximum absolute atomic E-state index is 12.8. The van der Waals surface area contributed by atoms with E-state index in [1.165, 1.54) is 24.3 Å². The first-order valence-corrected chi connectivity index (χ1v) is 6.89. The molecule has 0 aromatic heterocycles. The van der Waals surface area contributed by atoms with E-state index in [1.54, 1.807) is 13.8 Å². The van der Waals surface area contributed by atoms with Crippen molar-refractivity contribution in [3.05, 3.63) is 30.1 Å². The molecule has 0 spiro atoms. The van der Waals surface area contributed by atoms with Crippen molar-refractivity contribution in [2.24, 2.45) is 11.7 Å². The molecule has 7 nitrogen and oxygen atoms in total. The molecule has 0 radical (unpaired) electrons. The van der Waals surface area contributed by atoms with E-state index in [4.69, 9.17) is 18.0 Å². The van der Waals surface area contributed by atoms with E-state index in [2.05, 4.69) is 21.5 Å². The Hall–Kier alpha value is -2.42. The van der Waals surface area contributed by atoms with Gasteiger partial charge in [-0.15, -0.1) is 0 Å². The van der Waals surface area contributed by atoms with Crippen LogP contribution in [0.1, 0.15) is 13.8 Å². The molecule has 120 valence electrons. The molecule has 0 aliphatic carbocycles. The minimum Gasteiger partial charge on any atom is -0.352 e. The fourth-order valence-electron chi connectivity index (χ4n) is 1.58. The topological polar surface area (TPSA) is 108 Å². The monoisotopic (exact) mass is 327 g/mol. The van der Waals surface area contributed by atoms with Crippen LogP contribution in [0.3, 0.4) is 0 Å². The van der Waals surface area contributed by atoms with Gasteiger partial charge in [-0.25, -0.2) is 9.18 Å². The lowest BCUT2D eigenvalue weighted by Crippen LogP contribution is -2.55. The summed E-state index contributed by atoms with van der Waals surface area (Å²) in [5, 5.41) is 5.21. The number of amides is 3. The third-order valence-electron chi connectivity index (χ3n) is 2.65. The average Bonchev–Trinajstić information content (AvgIpc) is 2.44. The number of halogens is 1. The molecule has 9 heteroatoms. The summed E-state index contributed by atoms with van der Waals surface area (Å²) >= 11 is 4.98. The van der Waals surface area contributed by atoms with Crippen LogP contribution in [-0.4, -0.2) is 23.1 Å². The standard InChI is InChI=1S/C13H18FN5O2S/c1-7(2)10(17-12(15)21)11(20)18-19-13(22)16-9-5-3-8(14)4-6-9/h3-7,10H,1-2H3,(H,18,20)(H3,15,17,21)(H2,16,19,22)/t10-/m0/s1. The minimum absolute atomic E-state index is 0.113. The molecule has 0 saturated heterocycles. The van der Waals surface area contributed by atoms with Crippen molar-refractivity contribution in [2.45, 2.75) is 19.9 Å². The minimum atomic E-state index is -0.793. The number of thiocarbonyl (C=S) groups is 1. The maximum Gasteiger partial charge on any atom is 0.312 e. The predicted octanol–water partition coefficient (Wildman–Crippen LogP) is 0.836. The molecule has 1 aromatic carbocycles. The first kappa shape index (κ1) is 17.6. The van der Waals surface area contributed by atoms with Crippen LogP contribution >= 0.6 is 12.2 Å². The van der Waals surface area contributed by atoms with Crippen LogP contribution < -0.4 is 27.2 Å². The van der Waals surface area contributed by atoms with E-state index in [9.17, 15) is 14.0 Å². The predicted molar refractivity (Wildman–Crippen MR) is 85.2 cm³/mol. The molecular weight excluding hydrogens is 309 g/mol. The molecule has 0 aliphatic rings. The molecule has 1 aromatic rings. The summed E-state index contributed by atoms with van der Waals surface area (Å²) in [6.07, 6.45) is 0. The summed E-state index contributed by atoms with van der Waals surface area (Å²) in [6, 6.07) is 3.96. The molecule has 0 unspecified atom stereocenters. The Kier molecular flexibility index (Phi) is 6.51. The first-order valence-electron chi connectivity index (χ1n) is 6.48. The van der Waals surface area contributed by atoms with E-state index in [-0.39, 0.29) is 16.8 Å². The number of nitrogens with one attached hydrogen (secondary N) is 4. The lowest BCUT2D eigenvalue weighted by Gasteiger charge is -2.21. The molecule has 0 bridgehead atoms. The van der Waals surface area contributed by atoms with Gasteiger partial charge in [-0.3, -0.25) is 15.6 Å². The zero-order chi connectivity index (χ0) is 16.7. The van der Waals surface area contributed by atoms with Gasteiger partial charge in [-0.1, -0.05) is 13.8 Å². The number of hydrazine groups is 1. The third-order valence-corrected chi connectivity index (χ3v) is 2.85. The highest BCUT2D eigenvalue weighted by Crippen LogP contribution is 2.07. The number of anilines is 1. The van der Waals surface area contributed by atoms with Crippen LogP contribution in [0.5, 0.6) is 0 Å². The van der Waals surface area contributed by atoms with Gasteiger partial charge in [0.25, 0.3) is 5.91 Å². The Morgan fingerprint density at radius 3 is 2.27 bits per heavy atom. The molecule has 6 N–H and O–H groups in total. The number of primary amides is 1.